The quantitative estimate of drug-likeness (QED) is 0.829. The summed E-state index contributed by atoms with van der Waals surface area (Å²) in [5.74, 6) is -0.0605. The minimum atomic E-state index is -0.263. The first-order valence-corrected chi connectivity index (χ1v) is 6.86. The van der Waals surface area contributed by atoms with E-state index in [2.05, 4.69) is 5.32 Å². The molecule has 1 atom stereocenters. The van der Waals surface area contributed by atoms with E-state index in [1.165, 1.54) is 0 Å². The summed E-state index contributed by atoms with van der Waals surface area (Å²) >= 11 is 0. The highest BCUT2D eigenvalue weighted by Crippen LogP contribution is 2.21. The number of nitrogen functional groups attached to an aromatic ring is 1. The molecule has 21 heavy (non-hydrogen) atoms. The monoisotopic (exact) mass is 287 g/mol. The van der Waals surface area contributed by atoms with Crippen LogP contribution in [-0.2, 0) is 11.3 Å². The van der Waals surface area contributed by atoms with Crippen molar-refractivity contribution in [3.63, 3.8) is 0 Å². The third kappa shape index (κ3) is 3.64. The summed E-state index contributed by atoms with van der Waals surface area (Å²) < 4.78 is 5.04. The number of carbonyl (C=O) groups is 1. The number of hydrogen-bond donors (Lipinski definition) is 2. The zero-order chi connectivity index (χ0) is 15.4. The van der Waals surface area contributed by atoms with Gasteiger partial charge in [-0.1, -0.05) is 6.07 Å². The van der Waals surface area contributed by atoms with E-state index in [0.717, 1.165) is 16.8 Å². The Bertz CT molecular complexity index is 608. The number of amides is 1. The zero-order valence-electron chi connectivity index (χ0n) is 12.6. The molecular formula is C16H21N3O2. The van der Waals surface area contributed by atoms with Gasteiger partial charge in [-0.3, -0.25) is 9.69 Å². The third-order valence-corrected chi connectivity index (χ3v) is 3.69. The van der Waals surface area contributed by atoms with Gasteiger partial charge in [0.05, 0.1) is 18.6 Å². The first-order chi connectivity index (χ1) is 9.99. The molecule has 1 aromatic carbocycles. The number of likely N-dealkylation sites (N-methyl/N-ethyl adjacent to an activating group) is 1. The Morgan fingerprint density at radius 3 is 2.86 bits per heavy atom. The molecule has 1 amide bonds. The van der Waals surface area contributed by atoms with E-state index < -0.39 is 0 Å². The van der Waals surface area contributed by atoms with E-state index in [4.69, 9.17) is 10.2 Å². The minimum absolute atomic E-state index is 0.0605. The first-order valence-electron chi connectivity index (χ1n) is 6.86. The fourth-order valence-corrected chi connectivity index (χ4v) is 2.03. The van der Waals surface area contributed by atoms with Crippen molar-refractivity contribution >= 4 is 17.3 Å². The van der Waals surface area contributed by atoms with Gasteiger partial charge in [0.25, 0.3) is 0 Å². The van der Waals surface area contributed by atoms with Gasteiger partial charge in [0.15, 0.2) is 0 Å². The van der Waals surface area contributed by atoms with Crippen molar-refractivity contribution in [2.24, 2.45) is 0 Å². The molecule has 0 spiro atoms. The lowest BCUT2D eigenvalue weighted by Gasteiger charge is -2.23. The van der Waals surface area contributed by atoms with Gasteiger partial charge < -0.3 is 15.5 Å². The van der Waals surface area contributed by atoms with E-state index in [0.29, 0.717) is 12.2 Å². The summed E-state index contributed by atoms with van der Waals surface area (Å²) in [6.07, 6.45) is 3.31. The van der Waals surface area contributed by atoms with Crippen LogP contribution in [0.4, 0.5) is 11.4 Å². The highest BCUT2D eigenvalue weighted by molar-refractivity contribution is 5.95. The number of carbonyl (C=O) groups excluding carboxylic acids is 1. The summed E-state index contributed by atoms with van der Waals surface area (Å²) in [5.41, 5.74) is 9.20. The third-order valence-electron chi connectivity index (χ3n) is 3.69. The van der Waals surface area contributed by atoms with Crippen LogP contribution in [0.2, 0.25) is 0 Å². The van der Waals surface area contributed by atoms with Crippen molar-refractivity contribution in [1.29, 1.82) is 0 Å². The second-order valence-corrected chi connectivity index (χ2v) is 5.23. The smallest absolute Gasteiger partial charge is 0.241 e. The maximum absolute atomic E-state index is 12.3. The summed E-state index contributed by atoms with van der Waals surface area (Å²) in [6.45, 7) is 4.42. The van der Waals surface area contributed by atoms with Crippen LogP contribution in [0.5, 0.6) is 0 Å². The molecule has 5 nitrogen and oxygen atoms in total. The van der Waals surface area contributed by atoms with Crippen molar-refractivity contribution in [1.82, 2.24) is 4.90 Å². The van der Waals surface area contributed by atoms with Crippen molar-refractivity contribution < 1.29 is 9.21 Å². The highest BCUT2D eigenvalue weighted by atomic mass is 16.3. The van der Waals surface area contributed by atoms with Crippen LogP contribution in [-0.4, -0.2) is 23.9 Å². The van der Waals surface area contributed by atoms with E-state index >= 15 is 0 Å². The lowest BCUT2D eigenvalue weighted by molar-refractivity contribution is -0.120. The fraction of sp³-hybridized carbons (Fsp3) is 0.312. The maximum atomic E-state index is 12.3. The standard InChI is InChI=1S/C16H21N3O2/c1-11-14(17)5-4-6-15(11)18-16(20)12(2)19(3)9-13-7-8-21-10-13/h4-8,10,12H,9,17H2,1-3H3,(H,18,20). The molecule has 0 fully saturated rings. The minimum Gasteiger partial charge on any atom is -0.472 e. The van der Waals surface area contributed by atoms with Crippen LogP contribution in [0, 0.1) is 6.92 Å². The van der Waals surface area contributed by atoms with Gasteiger partial charge in [0.1, 0.15) is 0 Å². The Hall–Kier alpha value is -2.27. The fourth-order valence-electron chi connectivity index (χ4n) is 2.03. The topological polar surface area (TPSA) is 71.5 Å². The van der Waals surface area contributed by atoms with Crippen molar-refractivity contribution in [2.45, 2.75) is 26.4 Å². The second-order valence-electron chi connectivity index (χ2n) is 5.23. The Morgan fingerprint density at radius 2 is 2.19 bits per heavy atom. The van der Waals surface area contributed by atoms with Crippen LogP contribution in [0.3, 0.4) is 0 Å². The predicted octanol–water partition coefficient (Wildman–Crippen LogP) is 2.63. The Labute approximate surface area is 124 Å². The lowest BCUT2D eigenvalue weighted by Crippen LogP contribution is -2.39. The van der Waals surface area contributed by atoms with Crippen LogP contribution < -0.4 is 11.1 Å². The molecule has 0 bridgehead atoms. The van der Waals surface area contributed by atoms with E-state index in [9.17, 15) is 4.79 Å². The molecule has 1 aromatic heterocycles. The van der Waals surface area contributed by atoms with Crippen LogP contribution in [0.1, 0.15) is 18.1 Å². The highest BCUT2D eigenvalue weighted by Gasteiger charge is 2.19. The summed E-state index contributed by atoms with van der Waals surface area (Å²) in [5, 5.41) is 2.93. The number of furan rings is 1. The Kier molecular flexibility index (Phi) is 4.65. The molecule has 0 saturated carbocycles. The number of nitrogens with two attached hydrogens (primary N) is 1. The maximum Gasteiger partial charge on any atom is 0.241 e. The Morgan fingerprint density at radius 1 is 1.43 bits per heavy atom. The van der Waals surface area contributed by atoms with Crippen LogP contribution >= 0.6 is 0 Å². The average Bonchev–Trinajstić information content (AvgIpc) is 2.95. The molecule has 1 unspecified atom stereocenters. The van der Waals surface area contributed by atoms with Gasteiger partial charge in [-0.15, -0.1) is 0 Å². The SMILES string of the molecule is Cc1c(N)cccc1NC(=O)C(C)N(C)Cc1ccoc1. The number of benzene rings is 1. The normalized spacial score (nSPS) is 12.4. The van der Waals surface area contributed by atoms with Gasteiger partial charge in [0.2, 0.25) is 5.91 Å². The summed E-state index contributed by atoms with van der Waals surface area (Å²) in [4.78, 5) is 14.3. The molecule has 0 radical (unpaired) electrons. The number of nitrogens with zero attached hydrogens (tertiary/aromatic N) is 1. The number of hydrogen-bond acceptors (Lipinski definition) is 4. The Balaban J connectivity index is 2.00. The van der Waals surface area contributed by atoms with E-state index in [1.54, 1.807) is 12.5 Å². The molecule has 2 rings (SSSR count). The molecule has 0 aliphatic carbocycles. The summed E-state index contributed by atoms with van der Waals surface area (Å²) in [6, 6.07) is 7.13. The van der Waals surface area contributed by atoms with E-state index in [1.807, 2.05) is 50.1 Å². The van der Waals surface area contributed by atoms with Crippen LogP contribution in [0.15, 0.2) is 41.2 Å². The number of rotatable bonds is 5. The molecule has 0 saturated heterocycles. The molecule has 0 aliphatic heterocycles. The van der Waals surface area contributed by atoms with Gasteiger partial charge in [-0.2, -0.15) is 0 Å². The van der Waals surface area contributed by atoms with E-state index in [-0.39, 0.29) is 11.9 Å². The molecule has 5 heteroatoms. The number of anilines is 2. The van der Waals surface area contributed by atoms with Gasteiger partial charge >= 0.3 is 0 Å². The molecule has 3 N–H and O–H groups in total. The first kappa shape index (κ1) is 15.1. The van der Waals surface area contributed by atoms with Gasteiger partial charge in [-0.05, 0) is 44.7 Å². The molecule has 0 aliphatic rings. The zero-order valence-corrected chi connectivity index (χ0v) is 12.6. The van der Waals surface area contributed by atoms with Crippen LogP contribution in [0.25, 0.3) is 0 Å². The second kappa shape index (κ2) is 6.45. The van der Waals surface area contributed by atoms with Crippen molar-refractivity contribution in [2.75, 3.05) is 18.1 Å². The molecule has 112 valence electrons. The summed E-state index contributed by atoms with van der Waals surface area (Å²) in [7, 11) is 1.91. The van der Waals surface area contributed by atoms with Crippen molar-refractivity contribution in [3.05, 3.63) is 47.9 Å². The van der Waals surface area contributed by atoms with Gasteiger partial charge in [-0.25, -0.2) is 0 Å². The largest absolute Gasteiger partial charge is 0.472 e. The van der Waals surface area contributed by atoms with Crippen molar-refractivity contribution in [3.8, 4) is 0 Å². The molecule has 2 aromatic rings. The predicted molar refractivity (Wildman–Crippen MR) is 83.9 cm³/mol. The molecule has 1 heterocycles. The van der Waals surface area contributed by atoms with Gasteiger partial charge in [0, 0.05) is 23.5 Å². The number of nitrogens with one attached hydrogen (secondary N) is 1. The molecular weight excluding hydrogens is 266 g/mol. The average molecular weight is 287 g/mol. The lowest BCUT2D eigenvalue weighted by atomic mass is 10.1.